The number of anilines is 1. The first-order valence-electron chi connectivity index (χ1n) is 4.76. The van der Waals surface area contributed by atoms with Crippen LogP contribution in [-0.4, -0.2) is 13.2 Å². The normalized spacial score (nSPS) is 11.6. The second-order valence-electron chi connectivity index (χ2n) is 3.15. The molecule has 0 fully saturated rings. The highest BCUT2D eigenvalue weighted by Crippen LogP contribution is 2.25. The van der Waals surface area contributed by atoms with Crippen molar-refractivity contribution in [3.8, 4) is 18.1 Å². The summed E-state index contributed by atoms with van der Waals surface area (Å²) < 4.78 is 6.13. The van der Waals surface area contributed by atoms with Gasteiger partial charge in [-0.25, -0.2) is 0 Å². The molecule has 15 heavy (non-hydrogen) atoms. The lowest BCUT2D eigenvalue weighted by Gasteiger charge is -2.13. The van der Waals surface area contributed by atoms with Crippen LogP contribution >= 0.6 is 15.9 Å². The fourth-order valence-electron chi connectivity index (χ4n) is 1.23. The van der Waals surface area contributed by atoms with Gasteiger partial charge in [0.2, 0.25) is 0 Å². The summed E-state index contributed by atoms with van der Waals surface area (Å²) in [5.41, 5.74) is 0.964. The number of rotatable bonds is 4. The van der Waals surface area contributed by atoms with Crippen LogP contribution in [0.2, 0.25) is 0 Å². The zero-order valence-electron chi connectivity index (χ0n) is 8.88. The molecule has 0 aliphatic heterocycles. The molecule has 0 saturated heterocycles. The Morgan fingerprint density at radius 2 is 2.27 bits per heavy atom. The average Bonchev–Trinajstić information content (AvgIpc) is 2.25. The molecule has 1 aromatic carbocycles. The van der Waals surface area contributed by atoms with Gasteiger partial charge in [0, 0.05) is 16.2 Å². The van der Waals surface area contributed by atoms with Crippen molar-refractivity contribution in [2.75, 3.05) is 12.4 Å². The maximum Gasteiger partial charge on any atom is 0.122 e. The predicted molar refractivity (Wildman–Crippen MR) is 67.2 cm³/mol. The van der Waals surface area contributed by atoms with E-state index in [1.165, 1.54) is 0 Å². The van der Waals surface area contributed by atoms with E-state index in [0.29, 0.717) is 0 Å². The van der Waals surface area contributed by atoms with Gasteiger partial charge in [-0.3, -0.25) is 0 Å². The van der Waals surface area contributed by atoms with Crippen LogP contribution in [0.15, 0.2) is 22.7 Å². The number of terminal acetylenes is 1. The topological polar surface area (TPSA) is 21.3 Å². The summed E-state index contributed by atoms with van der Waals surface area (Å²) in [4.78, 5) is 0. The summed E-state index contributed by atoms with van der Waals surface area (Å²) >= 11 is 3.42. The molecule has 1 aromatic rings. The maximum atomic E-state index is 5.38. The molecular weight excluding hydrogens is 254 g/mol. The fourth-order valence-corrected chi connectivity index (χ4v) is 1.70. The fraction of sp³-hybridized carbons (Fsp3) is 0.333. The minimum absolute atomic E-state index is 0.0593. The smallest absolute Gasteiger partial charge is 0.122 e. The highest BCUT2D eigenvalue weighted by Gasteiger charge is 2.04. The van der Waals surface area contributed by atoms with Gasteiger partial charge in [-0.2, -0.15) is 0 Å². The summed E-state index contributed by atoms with van der Waals surface area (Å²) in [5.74, 6) is 3.49. The molecule has 2 nitrogen and oxygen atoms in total. The van der Waals surface area contributed by atoms with Crippen molar-refractivity contribution in [2.45, 2.75) is 19.4 Å². The summed E-state index contributed by atoms with van der Waals surface area (Å²) in [5, 5.41) is 3.25. The first-order valence-corrected chi connectivity index (χ1v) is 5.56. The SMILES string of the molecule is C#CC(CC)Nc1cc(Br)cc(OC)c1. The van der Waals surface area contributed by atoms with Gasteiger partial charge in [-0.15, -0.1) is 6.42 Å². The van der Waals surface area contributed by atoms with E-state index in [1.807, 2.05) is 25.1 Å². The van der Waals surface area contributed by atoms with Crippen LogP contribution in [0.25, 0.3) is 0 Å². The van der Waals surface area contributed by atoms with Gasteiger partial charge in [0.1, 0.15) is 5.75 Å². The Labute approximate surface area is 99.2 Å². The number of methoxy groups -OCH3 is 1. The Balaban J connectivity index is 2.85. The molecule has 1 unspecified atom stereocenters. The monoisotopic (exact) mass is 267 g/mol. The zero-order chi connectivity index (χ0) is 11.3. The molecule has 0 aliphatic rings. The Morgan fingerprint density at radius 3 is 2.80 bits per heavy atom. The van der Waals surface area contributed by atoms with Crippen molar-refractivity contribution >= 4 is 21.6 Å². The first kappa shape index (κ1) is 11.9. The molecule has 0 aromatic heterocycles. The number of nitrogens with one attached hydrogen (secondary N) is 1. The van der Waals surface area contributed by atoms with Crippen molar-refractivity contribution in [3.05, 3.63) is 22.7 Å². The van der Waals surface area contributed by atoms with E-state index in [1.54, 1.807) is 7.11 Å². The number of ether oxygens (including phenoxy) is 1. The van der Waals surface area contributed by atoms with Crippen molar-refractivity contribution in [1.29, 1.82) is 0 Å². The lowest BCUT2D eigenvalue weighted by atomic mass is 10.2. The zero-order valence-corrected chi connectivity index (χ0v) is 10.5. The van der Waals surface area contributed by atoms with Gasteiger partial charge in [0.25, 0.3) is 0 Å². The lowest BCUT2D eigenvalue weighted by molar-refractivity contribution is 0.414. The molecule has 0 heterocycles. The van der Waals surface area contributed by atoms with Crippen LogP contribution in [0.5, 0.6) is 5.75 Å². The van der Waals surface area contributed by atoms with Crippen LogP contribution in [0.1, 0.15) is 13.3 Å². The summed E-state index contributed by atoms with van der Waals surface area (Å²) in [7, 11) is 1.64. The number of hydrogen-bond acceptors (Lipinski definition) is 2. The third-order valence-corrected chi connectivity index (χ3v) is 2.52. The van der Waals surface area contributed by atoms with Gasteiger partial charge >= 0.3 is 0 Å². The highest BCUT2D eigenvalue weighted by molar-refractivity contribution is 9.10. The van der Waals surface area contributed by atoms with Crippen LogP contribution < -0.4 is 10.1 Å². The summed E-state index contributed by atoms with van der Waals surface area (Å²) in [6, 6.07) is 5.86. The van der Waals surface area contributed by atoms with Gasteiger partial charge < -0.3 is 10.1 Å². The lowest BCUT2D eigenvalue weighted by Crippen LogP contribution is -2.15. The standard InChI is InChI=1S/C12H14BrNO/c1-4-10(5-2)14-11-6-9(13)7-12(8-11)15-3/h1,6-8,10,14H,5H2,2-3H3. The quantitative estimate of drug-likeness (QED) is 0.846. The largest absolute Gasteiger partial charge is 0.497 e. The second kappa shape index (κ2) is 5.67. The minimum Gasteiger partial charge on any atom is -0.497 e. The van der Waals surface area contributed by atoms with Crippen molar-refractivity contribution in [2.24, 2.45) is 0 Å². The van der Waals surface area contributed by atoms with E-state index >= 15 is 0 Å². The number of halogens is 1. The third-order valence-electron chi connectivity index (χ3n) is 2.06. The summed E-state index contributed by atoms with van der Waals surface area (Å²) in [6.07, 6.45) is 6.28. The van der Waals surface area contributed by atoms with Crippen LogP contribution in [0, 0.1) is 12.3 Å². The summed E-state index contributed by atoms with van der Waals surface area (Å²) in [6.45, 7) is 2.05. The van der Waals surface area contributed by atoms with Crippen LogP contribution in [-0.2, 0) is 0 Å². The van der Waals surface area contributed by atoms with E-state index in [2.05, 4.69) is 27.2 Å². The molecule has 0 bridgehead atoms. The minimum atomic E-state index is 0.0593. The third kappa shape index (κ3) is 3.49. The molecule has 0 radical (unpaired) electrons. The van der Waals surface area contributed by atoms with E-state index in [4.69, 9.17) is 11.2 Å². The highest BCUT2D eigenvalue weighted by atomic mass is 79.9. The van der Waals surface area contributed by atoms with Crippen LogP contribution in [0.3, 0.4) is 0 Å². The Bertz CT molecular complexity index is 370. The molecule has 1 atom stereocenters. The van der Waals surface area contributed by atoms with E-state index in [-0.39, 0.29) is 6.04 Å². The van der Waals surface area contributed by atoms with Crippen molar-refractivity contribution in [1.82, 2.24) is 0 Å². The predicted octanol–water partition coefficient (Wildman–Crippen LogP) is 3.28. The van der Waals surface area contributed by atoms with E-state index < -0.39 is 0 Å². The molecule has 1 rings (SSSR count). The van der Waals surface area contributed by atoms with E-state index in [0.717, 1.165) is 22.3 Å². The van der Waals surface area contributed by atoms with E-state index in [9.17, 15) is 0 Å². The molecule has 3 heteroatoms. The first-order chi connectivity index (χ1) is 7.19. The van der Waals surface area contributed by atoms with Gasteiger partial charge in [0.15, 0.2) is 0 Å². The van der Waals surface area contributed by atoms with Crippen molar-refractivity contribution < 1.29 is 4.74 Å². The second-order valence-corrected chi connectivity index (χ2v) is 4.07. The average molecular weight is 268 g/mol. The van der Waals surface area contributed by atoms with Crippen LogP contribution in [0.4, 0.5) is 5.69 Å². The molecular formula is C12H14BrNO. The molecule has 80 valence electrons. The molecule has 0 spiro atoms. The molecule has 0 aliphatic carbocycles. The maximum absolute atomic E-state index is 5.38. The van der Waals surface area contributed by atoms with Crippen molar-refractivity contribution in [3.63, 3.8) is 0 Å². The molecule has 1 N–H and O–H groups in total. The number of benzene rings is 1. The number of hydrogen-bond donors (Lipinski definition) is 1. The van der Waals surface area contributed by atoms with Gasteiger partial charge in [-0.05, 0) is 18.6 Å². The Morgan fingerprint density at radius 1 is 1.53 bits per heavy atom. The van der Waals surface area contributed by atoms with Gasteiger partial charge in [-0.1, -0.05) is 28.8 Å². The molecule has 0 saturated carbocycles. The molecule has 0 amide bonds. The van der Waals surface area contributed by atoms with Gasteiger partial charge in [0.05, 0.1) is 13.2 Å². The Kier molecular flexibility index (Phi) is 4.51. The Hall–Kier alpha value is -1.14.